The minimum absolute atomic E-state index is 0.0417. The van der Waals surface area contributed by atoms with Gasteiger partial charge >= 0.3 is 11.9 Å². The van der Waals surface area contributed by atoms with Gasteiger partial charge in [0.15, 0.2) is 8.32 Å². The number of imide groups is 1. The van der Waals surface area contributed by atoms with E-state index in [2.05, 4.69) is 40.4 Å². The normalized spacial score (nSPS) is 20.0. The zero-order valence-corrected chi connectivity index (χ0v) is 24.3. The summed E-state index contributed by atoms with van der Waals surface area (Å²) in [6, 6.07) is 9.36. The Bertz CT molecular complexity index is 960. The van der Waals surface area contributed by atoms with E-state index in [1.54, 1.807) is 0 Å². The molecule has 4 atom stereocenters. The minimum Gasteiger partial charge on any atom is -0.454 e. The van der Waals surface area contributed by atoms with Gasteiger partial charge < -0.3 is 9.16 Å². The summed E-state index contributed by atoms with van der Waals surface area (Å²) < 4.78 is 12.1. The second-order valence-corrected chi connectivity index (χ2v) is 16.9. The number of benzene rings is 1. The van der Waals surface area contributed by atoms with Crippen LogP contribution in [0, 0.1) is 11.8 Å². The predicted molar refractivity (Wildman–Crippen MR) is 148 cm³/mol. The van der Waals surface area contributed by atoms with Gasteiger partial charge in [-0.3, -0.25) is 14.5 Å². The first-order valence-corrected chi connectivity index (χ1v) is 16.1. The van der Waals surface area contributed by atoms with Crippen LogP contribution in [0.4, 0.5) is 0 Å². The first kappa shape index (κ1) is 29.4. The fraction of sp³-hybridized carbons (Fsp3) is 0.538. The molecule has 1 aliphatic rings. The summed E-state index contributed by atoms with van der Waals surface area (Å²) >= 11 is 7.23. The van der Waals surface area contributed by atoms with E-state index in [9.17, 15) is 14.4 Å². The van der Waals surface area contributed by atoms with Crippen LogP contribution in [0.25, 0.3) is 0 Å². The Kier molecular flexibility index (Phi) is 10.0. The molecule has 1 saturated heterocycles. The van der Waals surface area contributed by atoms with Gasteiger partial charge in [0, 0.05) is 11.7 Å². The van der Waals surface area contributed by atoms with Crippen LogP contribution in [0.15, 0.2) is 43.0 Å². The second kappa shape index (κ2) is 11.9. The molecule has 0 unspecified atom stereocenters. The minimum atomic E-state index is -2.18. The van der Waals surface area contributed by atoms with Crippen LogP contribution >= 0.6 is 24.0 Å². The van der Waals surface area contributed by atoms with Crippen molar-refractivity contribution < 1.29 is 23.5 Å². The molecule has 0 bridgehead atoms. The molecule has 1 aliphatic heterocycles. The maximum atomic E-state index is 13.2. The van der Waals surface area contributed by atoms with Crippen LogP contribution in [0.5, 0.6) is 0 Å². The molecule has 1 heterocycles. The third kappa shape index (κ3) is 6.90. The van der Waals surface area contributed by atoms with Gasteiger partial charge in [-0.25, -0.2) is 4.79 Å². The van der Waals surface area contributed by atoms with Crippen molar-refractivity contribution in [3.05, 3.63) is 48.6 Å². The Morgan fingerprint density at radius 1 is 1.23 bits per heavy atom. The molecule has 0 aliphatic carbocycles. The van der Waals surface area contributed by atoms with Gasteiger partial charge in [0.25, 0.3) is 0 Å². The third-order valence-electron chi connectivity index (χ3n) is 6.81. The highest BCUT2D eigenvalue weighted by molar-refractivity contribution is 8.22. The van der Waals surface area contributed by atoms with E-state index in [1.165, 1.54) is 17.8 Å². The number of esters is 1. The molecule has 2 rings (SSSR count). The van der Waals surface area contributed by atoms with Gasteiger partial charge in [0.05, 0.1) is 22.3 Å². The topological polar surface area (TPSA) is 72.9 Å². The SMILES string of the molecule is C=CCOC(=O)C(=O)N1C(=O)[C@H]([C@@H](C)O[Si](C)(C)C(C)(C)C)[C@H]1[C@@H](C)C(=S)SCc1ccccc1. The number of nitrogens with zero attached hydrogens (tertiary/aromatic N) is 1. The summed E-state index contributed by atoms with van der Waals surface area (Å²) in [6.07, 6.45) is 0.947. The number of hydrogen-bond acceptors (Lipinski definition) is 7. The lowest BCUT2D eigenvalue weighted by molar-refractivity contribution is -0.180. The lowest BCUT2D eigenvalue weighted by atomic mass is 9.77. The summed E-state index contributed by atoms with van der Waals surface area (Å²) in [5, 5.41) is -0.0417. The molecule has 9 heteroatoms. The molecule has 1 fully saturated rings. The summed E-state index contributed by atoms with van der Waals surface area (Å²) in [6.45, 7) is 17.8. The van der Waals surface area contributed by atoms with Crippen molar-refractivity contribution in [1.82, 2.24) is 4.90 Å². The number of ether oxygens (including phenoxy) is 1. The highest BCUT2D eigenvalue weighted by atomic mass is 32.2. The summed E-state index contributed by atoms with van der Waals surface area (Å²) in [5.74, 6) is -2.69. The van der Waals surface area contributed by atoms with Crippen molar-refractivity contribution in [3.8, 4) is 0 Å². The van der Waals surface area contributed by atoms with E-state index in [4.69, 9.17) is 21.4 Å². The third-order valence-corrected chi connectivity index (χ3v) is 13.2. The Morgan fingerprint density at radius 3 is 2.37 bits per heavy atom. The van der Waals surface area contributed by atoms with Crippen LogP contribution < -0.4 is 0 Å². The van der Waals surface area contributed by atoms with E-state index < -0.39 is 44.2 Å². The molecule has 6 nitrogen and oxygen atoms in total. The van der Waals surface area contributed by atoms with Crippen LogP contribution in [-0.4, -0.2) is 54.0 Å². The van der Waals surface area contributed by atoms with Gasteiger partial charge in [-0.15, -0.1) is 11.8 Å². The molecule has 0 saturated carbocycles. The maximum Gasteiger partial charge on any atom is 0.397 e. The fourth-order valence-electron chi connectivity index (χ4n) is 3.79. The molecule has 0 spiro atoms. The summed E-state index contributed by atoms with van der Waals surface area (Å²) in [7, 11) is -2.18. The number of thioether (sulfide) groups is 1. The lowest BCUT2D eigenvalue weighted by Gasteiger charge is -2.51. The summed E-state index contributed by atoms with van der Waals surface area (Å²) in [5.41, 5.74) is 1.13. The van der Waals surface area contributed by atoms with Crippen molar-refractivity contribution >= 4 is 54.3 Å². The Balaban J connectivity index is 2.27. The van der Waals surface area contributed by atoms with Crippen LogP contribution in [0.3, 0.4) is 0 Å². The van der Waals surface area contributed by atoms with Gasteiger partial charge in [-0.05, 0) is 30.6 Å². The van der Waals surface area contributed by atoms with E-state index in [-0.39, 0.29) is 17.6 Å². The summed E-state index contributed by atoms with van der Waals surface area (Å²) in [4.78, 5) is 39.4. The molecule has 1 aromatic rings. The van der Waals surface area contributed by atoms with E-state index >= 15 is 0 Å². The number of thiocarbonyl (C=S) groups is 1. The second-order valence-electron chi connectivity index (χ2n) is 10.4. The number of rotatable bonds is 9. The molecule has 0 aromatic heterocycles. The van der Waals surface area contributed by atoms with Crippen molar-refractivity contribution in [2.45, 2.75) is 70.6 Å². The van der Waals surface area contributed by atoms with Crippen LogP contribution in [-0.2, 0) is 29.3 Å². The van der Waals surface area contributed by atoms with Crippen molar-refractivity contribution in [2.24, 2.45) is 11.8 Å². The van der Waals surface area contributed by atoms with Crippen LogP contribution in [0.1, 0.15) is 40.2 Å². The maximum absolute atomic E-state index is 13.2. The van der Waals surface area contributed by atoms with Crippen molar-refractivity contribution in [3.63, 3.8) is 0 Å². The molecule has 1 aromatic carbocycles. The van der Waals surface area contributed by atoms with E-state index in [0.29, 0.717) is 9.95 Å². The zero-order valence-electron chi connectivity index (χ0n) is 21.7. The van der Waals surface area contributed by atoms with E-state index in [0.717, 1.165) is 10.5 Å². The van der Waals surface area contributed by atoms with Crippen molar-refractivity contribution in [1.29, 1.82) is 0 Å². The van der Waals surface area contributed by atoms with Crippen molar-refractivity contribution in [2.75, 3.05) is 6.61 Å². The molecule has 0 N–H and O–H groups in total. The first-order chi connectivity index (χ1) is 16.2. The van der Waals surface area contributed by atoms with Gasteiger partial charge in [-0.2, -0.15) is 0 Å². The largest absolute Gasteiger partial charge is 0.454 e. The molecular formula is C26H37NO5S2Si. The van der Waals surface area contributed by atoms with Crippen LogP contribution in [0.2, 0.25) is 18.1 Å². The molecule has 0 radical (unpaired) electrons. The number of carbonyl (C=O) groups is 3. The molecular weight excluding hydrogens is 499 g/mol. The average Bonchev–Trinajstić information content (AvgIpc) is 2.78. The quantitative estimate of drug-likeness (QED) is 0.105. The van der Waals surface area contributed by atoms with E-state index in [1.807, 2.05) is 44.2 Å². The number of likely N-dealkylation sites (tertiary alicyclic amines) is 1. The highest BCUT2D eigenvalue weighted by Gasteiger charge is 2.58. The first-order valence-electron chi connectivity index (χ1n) is 11.8. The Labute approximate surface area is 219 Å². The number of amides is 2. The van der Waals surface area contributed by atoms with Gasteiger partial charge in [0.2, 0.25) is 5.91 Å². The van der Waals surface area contributed by atoms with Gasteiger partial charge in [-0.1, -0.05) is 82.9 Å². The smallest absolute Gasteiger partial charge is 0.397 e. The lowest BCUT2D eigenvalue weighted by Crippen LogP contribution is -2.70. The number of hydrogen-bond donors (Lipinski definition) is 0. The standard InChI is InChI=1S/C26H37NO5S2Si/c1-9-15-31-24(30)23(29)27-21(17(2)25(33)34-16-19-13-11-10-12-14-19)20(22(27)28)18(3)32-35(7,8)26(4,5)6/h9-14,17-18,20-21H,1,15-16H2,2-8H3/t17-,18-,20-,21-/m1/s1. The monoisotopic (exact) mass is 535 g/mol. The molecule has 192 valence electrons. The highest BCUT2D eigenvalue weighted by Crippen LogP contribution is 2.43. The number of carbonyl (C=O) groups excluding carboxylic acids is 3. The Morgan fingerprint density at radius 2 is 1.83 bits per heavy atom. The Hall–Kier alpha value is -1.81. The average molecular weight is 536 g/mol. The number of β-lactam (4-membered cyclic amide) rings is 1. The fourth-order valence-corrected chi connectivity index (χ4v) is 6.44. The zero-order chi connectivity index (χ0) is 26.6. The predicted octanol–water partition coefficient (Wildman–Crippen LogP) is 5.38. The molecule has 35 heavy (non-hydrogen) atoms. The van der Waals surface area contributed by atoms with Gasteiger partial charge in [0.1, 0.15) is 6.61 Å². The molecule has 2 amide bonds.